The maximum Gasteiger partial charge on any atom is 0.407 e. The number of nitrogen functional groups attached to an aromatic ring is 1. The number of amides is 1. The fraction of sp³-hybridized carbons (Fsp3) is 0.722. The van der Waals surface area contributed by atoms with Gasteiger partial charge in [0.15, 0.2) is 0 Å². The molecular weight excluding hydrogens is 334 g/mol. The highest BCUT2D eigenvalue weighted by atomic mass is 16.6. The maximum atomic E-state index is 11.8. The third kappa shape index (κ3) is 7.03. The summed E-state index contributed by atoms with van der Waals surface area (Å²) in [6.45, 7) is 9.17. The topological polar surface area (TPSA) is 102 Å². The lowest BCUT2D eigenvalue weighted by atomic mass is 10.0. The number of nitrogens with one attached hydrogen (secondary N) is 1. The van der Waals surface area contributed by atoms with Gasteiger partial charge in [-0.15, -0.1) is 0 Å². The van der Waals surface area contributed by atoms with E-state index >= 15 is 0 Å². The van der Waals surface area contributed by atoms with E-state index in [2.05, 4.69) is 15.2 Å². The Balaban J connectivity index is 1.61. The Morgan fingerprint density at radius 3 is 2.58 bits per heavy atom. The van der Waals surface area contributed by atoms with Crippen LogP contribution in [0.15, 0.2) is 17.1 Å². The molecule has 0 radical (unpaired) electrons. The van der Waals surface area contributed by atoms with Gasteiger partial charge in [-0.1, -0.05) is 0 Å². The van der Waals surface area contributed by atoms with Gasteiger partial charge in [0, 0.05) is 31.9 Å². The average molecular weight is 365 g/mol. The molecule has 0 aliphatic carbocycles. The highest BCUT2D eigenvalue weighted by Crippen LogP contribution is 2.13. The molecule has 1 aliphatic rings. The van der Waals surface area contributed by atoms with Crippen LogP contribution in [0.4, 0.5) is 10.6 Å². The molecule has 0 spiro atoms. The Bertz CT molecular complexity index is 645. The Kier molecular flexibility index (Phi) is 7.02. The fourth-order valence-electron chi connectivity index (χ4n) is 3.00. The number of nitrogens with zero attached hydrogens (tertiary/aromatic N) is 3. The van der Waals surface area contributed by atoms with Crippen molar-refractivity contribution in [2.24, 2.45) is 0 Å². The van der Waals surface area contributed by atoms with Crippen LogP contribution >= 0.6 is 0 Å². The molecule has 1 aromatic rings. The number of aryl methyl sites for hydroxylation is 1. The molecule has 146 valence electrons. The molecule has 1 aromatic heterocycles. The molecule has 2 rings (SSSR count). The summed E-state index contributed by atoms with van der Waals surface area (Å²) in [4.78, 5) is 29.6. The van der Waals surface area contributed by atoms with Crippen molar-refractivity contribution in [1.29, 1.82) is 0 Å². The van der Waals surface area contributed by atoms with Crippen LogP contribution in [-0.4, -0.2) is 51.8 Å². The molecular formula is C18H31N5O3. The van der Waals surface area contributed by atoms with Gasteiger partial charge < -0.3 is 20.7 Å². The molecule has 8 heteroatoms. The predicted octanol–water partition coefficient (Wildman–Crippen LogP) is 1.59. The van der Waals surface area contributed by atoms with E-state index in [-0.39, 0.29) is 23.6 Å². The SMILES string of the molecule is CC(C)(C)OC(=O)NC1CCN(CCCCn2ccc(N)nc2=O)CC1. The van der Waals surface area contributed by atoms with E-state index in [0.29, 0.717) is 6.54 Å². The molecule has 26 heavy (non-hydrogen) atoms. The molecule has 8 nitrogen and oxygen atoms in total. The van der Waals surface area contributed by atoms with Crippen LogP contribution in [0.25, 0.3) is 0 Å². The molecule has 0 unspecified atom stereocenters. The molecule has 3 N–H and O–H groups in total. The Labute approximate surface area is 154 Å². The molecule has 1 fully saturated rings. The largest absolute Gasteiger partial charge is 0.444 e. The summed E-state index contributed by atoms with van der Waals surface area (Å²) in [6.07, 6.45) is 5.15. The number of hydrogen-bond donors (Lipinski definition) is 2. The number of piperidine rings is 1. The fourth-order valence-corrected chi connectivity index (χ4v) is 3.00. The zero-order valence-electron chi connectivity index (χ0n) is 16.0. The molecule has 0 atom stereocenters. The van der Waals surface area contributed by atoms with Crippen molar-refractivity contribution in [3.63, 3.8) is 0 Å². The highest BCUT2D eigenvalue weighted by Gasteiger charge is 2.23. The summed E-state index contributed by atoms with van der Waals surface area (Å²) in [5.74, 6) is 0.258. The number of unbranched alkanes of at least 4 members (excludes halogenated alkanes) is 1. The predicted molar refractivity (Wildman–Crippen MR) is 101 cm³/mol. The van der Waals surface area contributed by atoms with E-state index in [1.165, 1.54) is 0 Å². The second-order valence-corrected chi connectivity index (χ2v) is 7.80. The van der Waals surface area contributed by atoms with E-state index in [1.54, 1.807) is 16.8 Å². The zero-order chi connectivity index (χ0) is 19.2. The lowest BCUT2D eigenvalue weighted by molar-refractivity contribution is 0.0479. The Hall–Kier alpha value is -2.09. The van der Waals surface area contributed by atoms with Gasteiger partial charge in [0.05, 0.1) is 0 Å². The van der Waals surface area contributed by atoms with Gasteiger partial charge in [0.25, 0.3) is 0 Å². The minimum absolute atomic E-state index is 0.181. The second kappa shape index (κ2) is 9.02. The van der Waals surface area contributed by atoms with Crippen molar-refractivity contribution < 1.29 is 9.53 Å². The van der Waals surface area contributed by atoms with Gasteiger partial charge in [-0.3, -0.25) is 4.57 Å². The van der Waals surface area contributed by atoms with Crippen molar-refractivity contribution in [1.82, 2.24) is 19.8 Å². The van der Waals surface area contributed by atoms with Crippen LogP contribution in [0.5, 0.6) is 0 Å². The number of aromatic nitrogens is 2. The summed E-state index contributed by atoms with van der Waals surface area (Å²) >= 11 is 0. The van der Waals surface area contributed by atoms with Crippen molar-refractivity contribution in [3.05, 3.63) is 22.7 Å². The number of alkyl carbamates (subject to hydrolysis) is 1. The van der Waals surface area contributed by atoms with Gasteiger partial charge in [-0.2, -0.15) is 4.98 Å². The number of hydrogen-bond acceptors (Lipinski definition) is 6. The van der Waals surface area contributed by atoms with E-state index in [9.17, 15) is 9.59 Å². The number of carbonyl (C=O) groups excluding carboxylic acids is 1. The summed E-state index contributed by atoms with van der Waals surface area (Å²) in [5.41, 5.74) is 4.73. The van der Waals surface area contributed by atoms with Crippen LogP contribution in [-0.2, 0) is 11.3 Å². The number of carbonyl (C=O) groups is 1. The minimum Gasteiger partial charge on any atom is -0.444 e. The van der Waals surface area contributed by atoms with Crippen LogP contribution in [0.2, 0.25) is 0 Å². The zero-order valence-corrected chi connectivity index (χ0v) is 16.0. The molecule has 2 heterocycles. The monoisotopic (exact) mass is 365 g/mol. The normalized spacial score (nSPS) is 16.4. The molecule has 0 bridgehead atoms. The first-order chi connectivity index (χ1) is 12.2. The van der Waals surface area contributed by atoms with E-state index < -0.39 is 5.60 Å². The first-order valence-electron chi connectivity index (χ1n) is 9.28. The van der Waals surface area contributed by atoms with Crippen molar-refractivity contribution in [2.45, 2.75) is 64.6 Å². The van der Waals surface area contributed by atoms with E-state index in [0.717, 1.165) is 45.3 Å². The molecule has 1 aliphatic heterocycles. The van der Waals surface area contributed by atoms with Crippen LogP contribution in [0.1, 0.15) is 46.5 Å². The highest BCUT2D eigenvalue weighted by molar-refractivity contribution is 5.68. The van der Waals surface area contributed by atoms with Crippen LogP contribution < -0.4 is 16.7 Å². The van der Waals surface area contributed by atoms with Crippen molar-refractivity contribution in [3.8, 4) is 0 Å². The number of likely N-dealkylation sites (tertiary alicyclic amines) is 1. The van der Waals surface area contributed by atoms with Crippen LogP contribution in [0.3, 0.4) is 0 Å². The third-order valence-corrected chi connectivity index (χ3v) is 4.33. The standard InChI is InChI=1S/C18H31N5O3/c1-18(2,3)26-17(25)20-14-6-11-22(12-7-14)9-4-5-10-23-13-8-15(19)21-16(23)24/h8,13-14H,4-7,9-12H2,1-3H3,(H,20,25)(H2,19,21,24). The number of ether oxygens (including phenoxy) is 1. The van der Waals surface area contributed by atoms with Gasteiger partial charge in [-0.25, -0.2) is 9.59 Å². The smallest absolute Gasteiger partial charge is 0.407 e. The third-order valence-electron chi connectivity index (χ3n) is 4.33. The van der Waals surface area contributed by atoms with Gasteiger partial charge in [0.2, 0.25) is 0 Å². The quantitative estimate of drug-likeness (QED) is 0.742. The first-order valence-corrected chi connectivity index (χ1v) is 9.28. The van der Waals surface area contributed by atoms with E-state index in [1.807, 2.05) is 20.8 Å². The number of anilines is 1. The summed E-state index contributed by atoms with van der Waals surface area (Å²) in [7, 11) is 0. The average Bonchev–Trinajstić information content (AvgIpc) is 2.53. The summed E-state index contributed by atoms with van der Waals surface area (Å²) in [5, 5.41) is 2.95. The first kappa shape index (κ1) is 20.2. The van der Waals surface area contributed by atoms with Crippen molar-refractivity contribution >= 4 is 11.9 Å². The van der Waals surface area contributed by atoms with Gasteiger partial charge in [0.1, 0.15) is 11.4 Å². The molecule has 1 saturated heterocycles. The second-order valence-electron chi connectivity index (χ2n) is 7.80. The molecule has 1 amide bonds. The van der Waals surface area contributed by atoms with E-state index in [4.69, 9.17) is 10.5 Å². The Morgan fingerprint density at radius 1 is 1.31 bits per heavy atom. The lowest BCUT2D eigenvalue weighted by Crippen LogP contribution is -2.46. The Morgan fingerprint density at radius 2 is 1.96 bits per heavy atom. The number of rotatable bonds is 6. The summed E-state index contributed by atoms with van der Waals surface area (Å²) < 4.78 is 6.89. The lowest BCUT2D eigenvalue weighted by Gasteiger charge is -2.32. The van der Waals surface area contributed by atoms with Crippen LogP contribution in [0, 0.1) is 0 Å². The minimum atomic E-state index is -0.466. The maximum absolute atomic E-state index is 11.8. The van der Waals surface area contributed by atoms with Gasteiger partial charge in [-0.05, 0) is 59.1 Å². The molecule has 0 aromatic carbocycles. The molecule has 0 saturated carbocycles. The van der Waals surface area contributed by atoms with Crippen molar-refractivity contribution in [2.75, 3.05) is 25.4 Å². The summed E-state index contributed by atoms with van der Waals surface area (Å²) in [6, 6.07) is 1.82. The van der Waals surface area contributed by atoms with Gasteiger partial charge >= 0.3 is 11.8 Å². The number of nitrogens with two attached hydrogens (primary N) is 1.